The van der Waals surface area contributed by atoms with Gasteiger partial charge in [-0.2, -0.15) is 5.26 Å². The average molecular weight is 278 g/mol. The van der Waals surface area contributed by atoms with Gasteiger partial charge in [-0.15, -0.1) is 0 Å². The van der Waals surface area contributed by atoms with Crippen molar-refractivity contribution in [1.82, 2.24) is 9.80 Å². The summed E-state index contributed by atoms with van der Waals surface area (Å²) in [5, 5.41) is 9.32. The Morgan fingerprint density at radius 3 is 2.63 bits per heavy atom. The number of benzene rings is 1. The molecule has 1 aromatic carbocycles. The Labute approximate surface area is 118 Å². The second-order valence-corrected chi connectivity index (χ2v) is 5.10. The summed E-state index contributed by atoms with van der Waals surface area (Å²) in [5.41, 5.74) is 1.59. The second kappa shape index (κ2) is 6.05. The van der Waals surface area contributed by atoms with Crippen LogP contribution in [0, 0.1) is 18.3 Å². The summed E-state index contributed by atoms with van der Waals surface area (Å²) in [6.07, 6.45) is 0. The number of hydrogen-bond acceptors (Lipinski definition) is 3. The summed E-state index contributed by atoms with van der Waals surface area (Å²) in [5.74, 6) is 0.0383. The van der Waals surface area contributed by atoms with Gasteiger partial charge in [-0.25, -0.2) is 0 Å². The van der Waals surface area contributed by atoms with E-state index in [2.05, 4.69) is 11.0 Å². The van der Waals surface area contributed by atoms with E-state index in [0.717, 1.165) is 18.7 Å². The van der Waals surface area contributed by atoms with E-state index in [4.69, 9.17) is 16.9 Å². The molecule has 1 fully saturated rings. The van der Waals surface area contributed by atoms with Crippen molar-refractivity contribution in [2.75, 3.05) is 32.7 Å². The number of nitriles is 1. The minimum absolute atomic E-state index is 0.0383. The molecule has 4 nitrogen and oxygen atoms in total. The first kappa shape index (κ1) is 13.9. The van der Waals surface area contributed by atoms with Gasteiger partial charge in [-0.1, -0.05) is 11.6 Å². The fraction of sp³-hybridized carbons (Fsp3) is 0.429. The highest BCUT2D eigenvalue weighted by Gasteiger charge is 2.21. The molecule has 0 spiro atoms. The zero-order valence-corrected chi connectivity index (χ0v) is 11.7. The van der Waals surface area contributed by atoms with Crippen LogP contribution in [0.5, 0.6) is 0 Å². The van der Waals surface area contributed by atoms with Gasteiger partial charge in [-0.3, -0.25) is 9.69 Å². The number of carbonyl (C=O) groups is 1. The van der Waals surface area contributed by atoms with Crippen LogP contribution < -0.4 is 0 Å². The third kappa shape index (κ3) is 3.25. The number of aryl methyl sites for hydroxylation is 1. The van der Waals surface area contributed by atoms with Crippen molar-refractivity contribution in [3.63, 3.8) is 0 Å². The molecule has 0 atom stereocenters. The normalized spacial score (nSPS) is 16.2. The average Bonchev–Trinajstić information content (AvgIpc) is 2.42. The van der Waals surface area contributed by atoms with E-state index in [0.29, 0.717) is 30.2 Å². The molecule has 0 saturated carbocycles. The predicted molar refractivity (Wildman–Crippen MR) is 74.1 cm³/mol. The fourth-order valence-electron chi connectivity index (χ4n) is 2.17. The fourth-order valence-corrected chi connectivity index (χ4v) is 2.29. The first-order chi connectivity index (χ1) is 9.11. The molecular formula is C14H16ClN3O. The molecule has 0 N–H and O–H groups in total. The lowest BCUT2D eigenvalue weighted by Gasteiger charge is -2.33. The molecule has 0 radical (unpaired) electrons. The van der Waals surface area contributed by atoms with Crippen LogP contribution in [0.2, 0.25) is 5.02 Å². The standard InChI is InChI=1S/C14H16ClN3O/c1-11-10-12(2-3-13(11)15)14(19)18-8-6-17(5-4-16)7-9-18/h2-3,10H,5-9H2,1H3. The van der Waals surface area contributed by atoms with Crippen LogP contribution in [0.1, 0.15) is 15.9 Å². The van der Waals surface area contributed by atoms with Gasteiger partial charge in [0.05, 0.1) is 12.6 Å². The summed E-state index contributed by atoms with van der Waals surface area (Å²) in [4.78, 5) is 16.2. The summed E-state index contributed by atoms with van der Waals surface area (Å²) >= 11 is 5.96. The predicted octanol–water partition coefficient (Wildman–Crippen LogP) is 1.93. The Hall–Kier alpha value is -1.57. The van der Waals surface area contributed by atoms with Crippen LogP contribution >= 0.6 is 11.6 Å². The number of carbonyl (C=O) groups excluding carboxylic acids is 1. The third-order valence-corrected chi connectivity index (χ3v) is 3.78. The van der Waals surface area contributed by atoms with E-state index in [9.17, 15) is 4.79 Å². The quantitative estimate of drug-likeness (QED) is 0.776. The van der Waals surface area contributed by atoms with E-state index in [-0.39, 0.29) is 5.91 Å². The first-order valence-corrected chi connectivity index (χ1v) is 6.64. The zero-order chi connectivity index (χ0) is 13.8. The molecule has 1 amide bonds. The molecule has 1 aromatic rings. The van der Waals surface area contributed by atoms with Gasteiger partial charge in [0.1, 0.15) is 0 Å². The highest BCUT2D eigenvalue weighted by Crippen LogP contribution is 2.18. The van der Waals surface area contributed by atoms with Crippen molar-refractivity contribution >= 4 is 17.5 Å². The molecule has 5 heteroatoms. The maximum atomic E-state index is 12.3. The molecule has 2 rings (SSSR count). The molecule has 1 aliphatic rings. The Morgan fingerprint density at radius 2 is 2.05 bits per heavy atom. The van der Waals surface area contributed by atoms with Crippen molar-refractivity contribution in [3.8, 4) is 6.07 Å². The van der Waals surface area contributed by atoms with Gasteiger partial charge < -0.3 is 4.90 Å². The molecule has 1 saturated heterocycles. The number of piperazine rings is 1. The van der Waals surface area contributed by atoms with Gasteiger partial charge in [0.2, 0.25) is 0 Å². The van der Waals surface area contributed by atoms with Crippen LogP contribution in [-0.2, 0) is 0 Å². The van der Waals surface area contributed by atoms with Gasteiger partial charge in [0.25, 0.3) is 5.91 Å². The molecule has 0 aliphatic carbocycles. The van der Waals surface area contributed by atoms with Crippen molar-refractivity contribution < 1.29 is 4.79 Å². The highest BCUT2D eigenvalue weighted by atomic mass is 35.5. The van der Waals surface area contributed by atoms with E-state index in [1.807, 2.05) is 17.9 Å². The van der Waals surface area contributed by atoms with E-state index < -0.39 is 0 Å². The summed E-state index contributed by atoms with van der Waals surface area (Å²) in [6.45, 7) is 5.17. The zero-order valence-electron chi connectivity index (χ0n) is 10.9. The number of amides is 1. The molecule has 0 aromatic heterocycles. The van der Waals surface area contributed by atoms with Crippen LogP contribution in [0.4, 0.5) is 0 Å². The monoisotopic (exact) mass is 277 g/mol. The maximum Gasteiger partial charge on any atom is 0.253 e. The van der Waals surface area contributed by atoms with Crippen LogP contribution in [0.25, 0.3) is 0 Å². The summed E-state index contributed by atoms with van der Waals surface area (Å²) in [6, 6.07) is 7.48. The van der Waals surface area contributed by atoms with Crippen LogP contribution in [0.15, 0.2) is 18.2 Å². The second-order valence-electron chi connectivity index (χ2n) is 4.69. The third-order valence-electron chi connectivity index (χ3n) is 3.36. The van der Waals surface area contributed by atoms with Gasteiger partial charge >= 0.3 is 0 Å². The molecule has 0 unspecified atom stereocenters. The lowest BCUT2D eigenvalue weighted by Crippen LogP contribution is -2.48. The van der Waals surface area contributed by atoms with Crippen molar-refractivity contribution in [1.29, 1.82) is 5.26 Å². The largest absolute Gasteiger partial charge is 0.336 e. The van der Waals surface area contributed by atoms with Gasteiger partial charge in [-0.05, 0) is 30.7 Å². The summed E-state index contributed by atoms with van der Waals surface area (Å²) < 4.78 is 0. The van der Waals surface area contributed by atoms with E-state index >= 15 is 0 Å². The first-order valence-electron chi connectivity index (χ1n) is 6.26. The number of rotatable bonds is 2. The lowest BCUT2D eigenvalue weighted by molar-refractivity contribution is 0.0651. The van der Waals surface area contributed by atoms with E-state index in [1.54, 1.807) is 12.1 Å². The molecular weight excluding hydrogens is 262 g/mol. The maximum absolute atomic E-state index is 12.3. The number of hydrogen-bond donors (Lipinski definition) is 0. The summed E-state index contributed by atoms with van der Waals surface area (Å²) in [7, 11) is 0. The molecule has 100 valence electrons. The minimum atomic E-state index is 0.0383. The van der Waals surface area contributed by atoms with Crippen LogP contribution in [-0.4, -0.2) is 48.4 Å². The Bertz CT molecular complexity index is 516. The van der Waals surface area contributed by atoms with Crippen molar-refractivity contribution in [3.05, 3.63) is 34.3 Å². The van der Waals surface area contributed by atoms with Crippen LogP contribution in [0.3, 0.4) is 0 Å². The smallest absolute Gasteiger partial charge is 0.253 e. The minimum Gasteiger partial charge on any atom is -0.336 e. The number of nitrogens with zero attached hydrogens (tertiary/aromatic N) is 3. The van der Waals surface area contributed by atoms with Gasteiger partial charge in [0.15, 0.2) is 0 Å². The molecule has 19 heavy (non-hydrogen) atoms. The highest BCUT2D eigenvalue weighted by molar-refractivity contribution is 6.31. The lowest BCUT2D eigenvalue weighted by atomic mass is 10.1. The van der Waals surface area contributed by atoms with E-state index in [1.165, 1.54) is 0 Å². The Kier molecular flexibility index (Phi) is 4.41. The topological polar surface area (TPSA) is 47.3 Å². The molecule has 1 aliphatic heterocycles. The van der Waals surface area contributed by atoms with Gasteiger partial charge in [0, 0.05) is 36.8 Å². The van der Waals surface area contributed by atoms with Crippen molar-refractivity contribution in [2.24, 2.45) is 0 Å². The molecule has 0 bridgehead atoms. The Balaban J connectivity index is 2.01. The van der Waals surface area contributed by atoms with Crippen molar-refractivity contribution in [2.45, 2.75) is 6.92 Å². The Morgan fingerprint density at radius 1 is 1.37 bits per heavy atom. The molecule has 1 heterocycles. The SMILES string of the molecule is Cc1cc(C(=O)N2CCN(CC#N)CC2)ccc1Cl. The number of halogens is 1.